The van der Waals surface area contributed by atoms with Gasteiger partial charge in [-0.15, -0.1) is 10.1 Å². The Hall–Kier alpha value is -1.94. The third-order valence-corrected chi connectivity index (χ3v) is 4.75. The van der Waals surface area contributed by atoms with Crippen molar-refractivity contribution in [2.75, 3.05) is 24.7 Å². The van der Waals surface area contributed by atoms with Gasteiger partial charge in [-0.25, -0.2) is 0 Å². The summed E-state index contributed by atoms with van der Waals surface area (Å²) in [4.78, 5) is 37.1. The molecule has 0 unspecified atom stereocenters. The van der Waals surface area contributed by atoms with Crippen LogP contribution in [-0.2, 0) is 19.2 Å². The van der Waals surface area contributed by atoms with Crippen LogP contribution in [0.15, 0.2) is 24.3 Å². The molecule has 0 amide bonds. The predicted molar refractivity (Wildman–Crippen MR) is 90.3 cm³/mol. The smallest absolute Gasteiger partial charge is 0.322 e. The topological polar surface area (TPSA) is 105 Å². The minimum atomic E-state index is -0.845. The fourth-order valence-electron chi connectivity index (χ4n) is 1.40. The number of hydrogen-bond donors (Lipinski definition) is 0. The Labute approximate surface area is 146 Å². The summed E-state index contributed by atoms with van der Waals surface area (Å²) in [7, 11) is 2.76. The van der Waals surface area contributed by atoms with E-state index in [2.05, 4.69) is 4.84 Å². The number of aryl methyl sites for hydroxylation is 1. The van der Waals surface area contributed by atoms with Gasteiger partial charge < -0.3 is 14.3 Å². The first-order valence-electron chi connectivity index (χ1n) is 6.92. The maximum atomic E-state index is 11.6. The number of benzene rings is 1. The van der Waals surface area contributed by atoms with Crippen molar-refractivity contribution >= 4 is 33.5 Å². The number of carbonyl (C=O) groups excluding carboxylic acids is 2. The zero-order valence-electron chi connectivity index (χ0n) is 13.0. The molecule has 0 atom stereocenters. The zero-order valence-corrected chi connectivity index (χ0v) is 14.6. The summed E-state index contributed by atoms with van der Waals surface area (Å²) in [5, 5.41) is 9.06. The molecule has 1 rings (SSSR count). The van der Waals surface area contributed by atoms with Crippen LogP contribution in [0.5, 0.6) is 5.75 Å². The lowest BCUT2D eigenvalue weighted by Crippen LogP contribution is -2.17. The highest BCUT2D eigenvalue weighted by atomic mass is 33.1. The van der Waals surface area contributed by atoms with Crippen LogP contribution in [0.3, 0.4) is 0 Å². The van der Waals surface area contributed by atoms with Crippen molar-refractivity contribution in [1.29, 1.82) is 0 Å². The number of carbonyl (C=O) groups is 2. The van der Waals surface area contributed by atoms with E-state index in [-0.39, 0.29) is 13.2 Å². The molecule has 0 spiro atoms. The fourth-order valence-corrected chi connectivity index (χ4v) is 3.04. The molecule has 8 nitrogen and oxygen atoms in total. The third kappa shape index (κ3) is 9.95. The van der Waals surface area contributed by atoms with Gasteiger partial charge in [-0.1, -0.05) is 39.3 Å². The maximum absolute atomic E-state index is 11.6. The van der Waals surface area contributed by atoms with Gasteiger partial charge in [-0.05, 0) is 19.1 Å². The first kappa shape index (κ1) is 20.1. The standard InChI is InChI=1S/C14H17NO7S2/c1-11-2-4-12(5-3-11)22-14(17)10-13(16)20-6-8-23-24-9-7-21-15(18)19/h2-5H,6-10H2,1H3. The second-order valence-electron chi connectivity index (χ2n) is 4.39. The maximum Gasteiger partial charge on any atom is 0.322 e. The van der Waals surface area contributed by atoms with Gasteiger partial charge in [0.25, 0.3) is 5.09 Å². The lowest BCUT2D eigenvalue weighted by atomic mass is 10.2. The Bertz CT molecular complexity index is 551. The van der Waals surface area contributed by atoms with Crippen LogP contribution in [0.4, 0.5) is 0 Å². The predicted octanol–water partition coefficient (Wildman–Crippen LogP) is 2.42. The highest BCUT2D eigenvalue weighted by molar-refractivity contribution is 8.76. The minimum Gasteiger partial charge on any atom is -0.464 e. The summed E-state index contributed by atoms with van der Waals surface area (Å²) < 4.78 is 9.91. The first-order valence-corrected chi connectivity index (χ1v) is 9.41. The van der Waals surface area contributed by atoms with Gasteiger partial charge in [-0.3, -0.25) is 9.59 Å². The van der Waals surface area contributed by atoms with Crippen molar-refractivity contribution in [3.63, 3.8) is 0 Å². The van der Waals surface area contributed by atoms with Crippen molar-refractivity contribution in [3.8, 4) is 5.75 Å². The summed E-state index contributed by atoms with van der Waals surface area (Å²) in [6, 6.07) is 6.89. The van der Waals surface area contributed by atoms with Gasteiger partial charge in [0.05, 0.1) is 0 Å². The van der Waals surface area contributed by atoms with Crippen LogP contribution < -0.4 is 4.74 Å². The number of rotatable bonds is 11. The summed E-state index contributed by atoms with van der Waals surface area (Å²) in [6.07, 6.45) is -0.456. The molecule has 0 aliphatic heterocycles. The van der Waals surface area contributed by atoms with Gasteiger partial charge in [-0.2, -0.15) is 0 Å². The van der Waals surface area contributed by atoms with Gasteiger partial charge >= 0.3 is 11.9 Å². The quantitative estimate of drug-likeness (QED) is 0.110. The van der Waals surface area contributed by atoms with Crippen molar-refractivity contribution in [2.45, 2.75) is 13.3 Å². The fraction of sp³-hybridized carbons (Fsp3) is 0.429. The molecule has 0 bridgehead atoms. The highest BCUT2D eigenvalue weighted by Gasteiger charge is 2.13. The highest BCUT2D eigenvalue weighted by Crippen LogP contribution is 2.20. The van der Waals surface area contributed by atoms with Crippen LogP contribution in [0.1, 0.15) is 12.0 Å². The van der Waals surface area contributed by atoms with E-state index in [0.717, 1.165) is 5.56 Å². The minimum absolute atomic E-state index is 0.00923. The second kappa shape index (κ2) is 11.6. The van der Waals surface area contributed by atoms with Crippen molar-refractivity contribution in [2.24, 2.45) is 0 Å². The number of nitrogens with zero attached hydrogens (tertiary/aromatic N) is 1. The van der Waals surface area contributed by atoms with Crippen LogP contribution >= 0.6 is 21.6 Å². The van der Waals surface area contributed by atoms with E-state index >= 15 is 0 Å². The molecule has 24 heavy (non-hydrogen) atoms. The summed E-state index contributed by atoms with van der Waals surface area (Å²) in [5.41, 5.74) is 1.04. The molecular weight excluding hydrogens is 358 g/mol. The van der Waals surface area contributed by atoms with E-state index in [4.69, 9.17) is 9.47 Å². The average molecular weight is 375 g/mol. The molecule has 1 aromatic carbocycles. The third-order valence-electron chi connectivity index (χ3n) is 2.42. The Morgan fingerprint density at radius 2 is 1.71 bits per heavy atom. The van der Waals surface area contributed by atoms with E-state index in [9.17, 15) is 19.7 Å². The summed E-state index contributed by atoms with van der Waals surface area (Å²) >= 11 is 0. The molecule has 132 valence electrons. The second-order valence-corrected chi connectivity index (χ2v) is 7.09. The Morgan fingerprint density at radius 1 is 1.08 bits per heavy atom. The summed E-state index contributed by atoms with van der Waals surface area (Å²) in [5.74, 6) is -0.0100. The van der Waals surface area contributed by atoms with Crippen LogP contribution in [-0.4, -0.2) is 41.7 Å². The Kier molecular flexibility index (Phi) is 9.70. The average Bonchev–Trinajstić information content (AvgIpc) is 2.51. The van der Waals surface area contributed by atoms with Gasteiger partial charge in [0.2, 0.25) is 0 Å². The molecule has 0 saturated heterocycles. The molecule has 0 fully saturated rings. The lowest BCUT2D eigenvalue weighted by Gasteiger charge is -2.06. The van der Waals surface area contributed by atoms with E-state index in [0.29, 0.717) is 17.3 Å². The van der Waals surface area contributed by atoms with Gasteiger partial charge in [0.1, 0.15) is 25.4 Å². The molecule has 0 aliphatic rings. The molecule has 0 N–H and O–H groups in total. The van der Waals surface area contributed by atoms with Crippen LogP contribution in [0.2, 0.25) is 0 Å². The molecule has 0 heterocycles. The molecule has 0 saturated carbocycles. The Balaban J connectivity index is 2.06. The monoisotopic (exact) mass is 375 g/mol. The lowest BCUT2D eigenvalue weighted by molar-refractivity contribution is -0.756. The molecule has 0 aliphatic carbocycles. The molecule has 10 heteroatoms. The van der Waals surface area contributed by atoms with Crippen molar-refractivity contribution in [3.05, 3.63) is 39.9 Å². The number of ether oxygens (including phenoxy) is 2. The van der Waals surface area contributed by atoms with E-state index in [1.54, 1.807) is 24.3 Å². The first-order chi connectivity index (χ1) is 11.5. The van der Waals surface area contributed by atoms with Gasteiger partial charge in [0, 0.05) is 11.5 Å². The molecule has 0 radical (unpaired) electrons. The van der Waals surface area contributed by atoms with Crippen molar-refractivity contribution in [1.82, 2.24) is 0 Å². The number of esters is 2. The van der Waals surface area contributed by atoms with Gasteiger partial charge in [0.15, 0.2) is 0 Å². The SMILES string of the molecule is Cc1ccc(OC(=O)CC(=O)OCCSSCCO[N+](=O)[O-])cc1. The van der Waals surface area contributed by atoms with E-state index in [1.807, 2.05) is 6.92 Å². The van der Waals surface area contributed by atoms with E-state index in [1.165, 1.54) is 21.6 Å². The molecule has 1 aromatic rings. The van der Waals surface area contributed by atoms with Crippen LogP contribution in [0, 0.1) is 17.0 Å². The largest absolute Gasteiger partial charge is 0.464 e. The Morgan fingerprint density at radius 3 is 2.33 bits per heavy atom. The zero-order chi connectivity index (χ0) is 17.8. The van der Waals surface area contributed by atoms with E-state index < -0.39 is 23.4 Å². The van der Waals surface area contributed by atoms with Crippen molar-refractivity contribution < 1.29 is 29.0 Å². The normalized spacial score (nSPS) is 10.0. The molecular formula is C14H17NO7S2. The molecule has 0 aromatic heterocycles. The summed E-state index contributed by atoms with van der Waals surface area (Å²) in [6.45, 7) is 2.06. The van der Waals surface area contributed by atoms with Crippen LogP contribution in [0.25, 0.3) is 0 Å². The number of hydrogen-bond acceptors (Lipinski definition) is 9.